The molecule has 1 nitrogen and oxygen atoms in total. The Morgan fingerprint density at radius 2 is 1.11 bits per heavy atom. The van der Waals surface area contributed by atoms with Crippen molar-refractivity contribution in [3.05, 3.63) is 34.6 Å². The van der Waals surface area contributed by atoms with Gasteiger partial charge in [-0.1, -0.05) is 0 Å². The van der Waals surface area contributed by atoms with E-state index in [0.717, 1.165) is 0 Å². The van der Waals surface area contributed by atoms with Crippen LogP contribution in [0.2, 0.25) is 0 Å². The molecule has 0 aliphatic heterocycles. The molecule has 18 heavy (non-hydrogen) atoms. The number of rotatable bonds is 3. The Morgan fingerprint density at radius 3 is 1.50 bits per heavy atom. The van der Waals surface area contributed by atoms with Gasteiger partial charge >= 0.3 is 6.18 Å². The first-order valence-electron chi connectivity index (χ1n) is 4.43. The third-order valence-electron chi connectivity index (χ3n) is 1.93. The highest BCUT2D eigenvalue weighted by atomic mass is 19.4. The SMILES string of the molecule is Fc1c(F)c(F)c(CNCC(F)(F)F)c(F)c1F. The van der Waals surface area contributed by atoms with Gasteiger partial charge in [-0.05, 0) is 0 Å². The molecule has 0 amide bonds. The lowest BCUT2D eigenvalue weighted by atomic mass is 10.1. The zero-order valence-corrected chi connectivity index (χ0v) is 8.44. The number of halogens is 8. The Bertz CT molecular complexity index is 424. The van der Waals surface area contributed by atoms with E-state index in [1.54, 1.807) is 0 Å². The van der Waals surface area contributed by atoms with Crippen molar-refractivity contribution in [2.24, 2.45) is 0 Å². The van der Waals surface area contributed by atoms with Crippen molar-refractivity contribution in [1.29, 1.82) is 0 Å². The molecule has 0 atom stereocenters. The maximum atomic E-state index is 13.0. The van der Waals surface area contributed by atoms with Crippen LogP contribution in [-0.2, 0) is 6.54 Å². The molecule has 0 heterocycles. The minimum atomic E-state index is -4.66. The second kappa shape index (κ2) is 5.09. The van der Waals surface area contributed by atoms with Crippen molar-refractivity contribution in [3.63, 3.8) is 0 Å². The Hall–Kier alpha value is -1.38. The molecular formula is C9H5F8N. The third-order valence-corrected chi connectivity index (χ3v) is 1.93. The van der Waals surface area contributed by atoms with Gasteiger partial charge in [-0.15, -0.1) is 0 Å². The molecule has 0 aliphatic rings. The maximum Gasteiger partial charge on any atom is 0.401 e. The van der Waals surface area contributed by atoms with Gasteiger partial charge in [-0.3, -0.25) is 0 Å². The van der Waals surface area contributed by atoms with Gasteiger partial charge < -0.3 is 5.32 Å². The fourth-order valence-corrected chi connectivity index (χ4v) is 1.13. The predicted molar refractivity (Wildman–Crippen MR) is 44.0 cm³/mol. The largest absolute Gasteiger partial charge is 0.401 e. The summed E-state index contributed by atoms with van der Waals surface area (Å²) in [5.41, 5.74) is -1.34. The molecule has 0 saturated carbocycles. The first-order valence-corrected chi connectivity index (χ1v) is 4.43. The minimum Gasteiger partial charge on any atom is -0.304 e. The van der Waals surface area contributed by atoms with Gasteiger partial charge in [0.25, 0.3) is 0 Å². The van der Waals surface area contributed by atoms with Crippen LogP contribution >= 0.6 is 0 Å². The van der Waals surface area contributed by atoms with Crippen molar-refractivity contribution < 1.29 is 35.1 Å². The van der Waals surface area contributed by atoms with Crippen LogP contribution in [0, 0.1) is 29.1 Å². The van der Waals surface area contributed by atoms with Crippen molar-refractivity contribution in [2.45, 2.75) is 12.7 Å². The molecular weight excluding hydrogens is 274 g/mol. The van der Waals surface area contributed by atoms with Gasteiger partial charge in [0.2, 0.25) is 5.82 Å². The third kappa shape index (κ3) is 3.09. The Morgan fingerprint density at radius 1 is 0.722 bits per heavy atom. The average Bonchev–Trinajstić information content (AvgIpc) is 2.27. The monoisotopic (exact) mass is 279 g/mol. The van der Waals surface area contributed by atoms with Crippen molar-refractivity contribution in [2.75, 3.05) is 6.54 Å². The van der Waals surface area contributed by atoms with Crippen molar-refractivity contribution >= 4 is 0 Å². The normalized spacial score (nSPS) is 12.0. The van der Waals surface area contributed by atoms with Crippen LogP contribution < -0.4 is 5.32 Å². The second-order valence-corrected chi connectivity index (χ2v) is 3.27. The van der Waals surface area contributed by atoms with E-state index in [4.69, 9.17) is 0 Å². The predicted octanol–water partition coefficient (Wildman–Crippen LogP) is 3.03. The summed E-state index contributed by atoms with van der Waals surface area (Å²) in [5, 5.41) is 1.54. The van der Waals surface area contributed by atoms with Gasteiger partial charge in [0.15, 0.2) is 23.3 Å². The molecule has 0 saturated heterocycles. The topological polar surface area (TPSA) is 12.0 Å². The Kier molecular flexibility index (Phi) is 4.15. The summed E-state index contributed by atoms with van der Waals surface area (Å²) in [7, 11) is 0. The number of hydrogen-bond donors (Lipinski definition) is 1. The van der Waals surface area contributed by atoms with Crippen LogP contribution in [0.5, 0.6) is 0 Å². The van der Waals surface area contributed by atoms with Crippen LogP contribution in [0.1, 0.15) is 5.56 Å². The highest BCUT2D eigenvalue weighted by Gasteiger charge is 2.28. The summed E-state index contributed by atoms with van der Waals surface area (Å²) in [6.45, 7) is -2.75. The van der Waals surface area contributed by atoms with E-state index in [1.807, 2.05) is 0 Å². The molecule has 0 aliphatic carbocycles. The summed E-state index contributed by atoms with van der Waals surface area (Å²) >= 11 is 0. The molecule has 0 fully saturated rings. The van der Waals surface area contributed by atoms with Crippen LogP contribution in [0.15, 0.2) is 0 Å². The highest BCUT2D eigenvalue weighted by molar-refractivity contribution is 5.23. The molecule has 102 valence electrons. The first-order chi connectivity index (χ1) is 8.15. The maximum absolute atomic E-state index is 13.0. The van der Waals surface area contributed by atoms with Crippen LogP contribution in [0.3, 0.4) is 0 Å². The van der Waals surface area contributed by atoms with Crippen LogP contribution in [0.4, 0.5) is 35.1 Å². The minimum absolute atomic E-state index is 1.13. The van der Waals surface area contributed by atoms with E-state index < -0.39 is 53.9 Å². The summed E-state index contributed by atoms with van der Waals surface area (Å²) in [4.78, 5) is 0. The molecule has 1 aromatic carbocycles. The average molecular weight is 279 g/mol. The molecule has 9 heteroatoms. The van der Waals surface area contributed by atoms with Gasteiger partial charge in [-0.2, -0.15) is 13.2 Å². The number of hydrogen-bond acceptors (Lipinski definition) is 1. The smallest absolute Gasteiger partial charge is 0.304 e. The van der Waals surface area contributed by atoms with E-state index in [2.05, 4.69) is 0 Å². The van der Waals surface area contributed by atoms with E-state index in [1.165, 1.54) is 5.32 Å². The molecule has 0 bridgehead atoms. The number of nitrogens with one attached hydrogen (secondary N) is 1. The fraction of sp³-hybridized carbons (Fsp3) is 0.333. The van der Waals surface area contributed by atoms with E-state index in [9.17, 15) is 35.1 Å². The van der Waals surface area contributed by atoms with Gasteiger partial charge in [-0.25, -0.2) is 22.0 Å². The van der Waals surface area contributed by atoms with Gasteiger partial charge in [0, 0.05) is 12.1 Å². The van der Waals surface area contributed by atoms with Gasteiger partial charge in [0.1, 0.15) is 0 Å². The van der Waals surface area contributed by atoms with E-state index in [0.29, 0.717) is 0 Å². The number of alkyl halides is 3. The molecule has 0 radical (unpaired) electrons. The summed E-state index contributed by atoms with van der Waals surface area (Å²) in [6.07, 6.45) is -4.66. The lowest BCUT2D eigenvalue weighted by Crippen LogP contribution is -2.29. The van der Waals surface area contributed by atoms with Crippen molar-refractivity contribution in [1.82, 2.24) is 5.32 Å². The van der Waals surface area contributed by atoms with Crippen LogP contribution in [-0.4, -0.2) is 12.7 Å². The summed E-state index contributed by atoms with van der Waals surface area (Å²) in [6, 6.07) is 0. The quantitative estimate of drug-likeness (QED) is 0.509. The standard InChI is InChI=1S/C9H5F8N/c10-4-3(1-18-2-9(15,16)17)5(11)7(13)8(14)6(4)12/h18H,1-2H2. The zero-order chi connectivity index (χ0) is 14.1. The fourth-order valence-electron chi connectivity index (χ4n) is 1.13. The molecule has 0 aromatic heterocycles. The molecule has 1 rings (SSSR count). The molecule has 0 unspecified atom stereocenters. The zero-order valence-electron chi connectivity index (χ0n) is 8.44. The Labute approximate surface area is 95.4 Å². The van der Waals surface area contributed by atoms with E-state index >= 15 is 0 Å². The lowest BCUT2D eigenvalue weighted by Gasteiger charge is -2.10. The first kappa shape index (κ1) is 14.7. The molecule has 1 N–H and O–H groups in total. The number of benzene rings is 1. The molecule has 0 spiro atoms. The summed E-state index contributed by atoms with van der Waals surface area (Å²) < 4.78 is 99.0. The van der Waals surface area contributed by atoms with Crippen LogP contribution in [0.25, 0.3) is 0 Å². The Balaban J connectivity index is 2.96. The van der Waals surface area contributed by atoms with Gasteiger partial charge in [0.05, 0.1) is 6.54 Å². The van der Waals surface area contributed by atoms with E-state index in [-0.39, 0.29) is 0 Å². The molecule has 1 aromatic rings. The second-order valence-electron chi connectivity index (χ2n) is 3.27. The van der Waals surface area contributed by atoms with Crippen molar-refractivity contribution in [3.8, 4) is 0 Å². The summed E-state index contributed by atoms with van der Waals surface area (Å²) in [5.74, 6) is -11.1. The lowest BCUT2D eigenvalue weighted by molar-refractivity contribution is -0.125. The highest BCUT2D eigenvalue weighted by Crippen LogP contribution is 2.23.